The molecule has 1 amide bonds. The third-order valence-corrected chi connectivity index (χ3v) is 4.59. The van der Waals surface area contributed by atoms with E-state index < -0.39 is 0 Å². The molecule has 1 aromatic rings. The molecule has 0 aromatic carbocycles. The van der Waals surface area contributed by atoms with Crippen LogP contribution in [0.1, 0.15) is 44.8 Å². The van der Waals surface area contributed by atoms with Gasteiger partial charge in [-0.1, -0.05) is 25.5 Å². The van der Waals surface area contributed by atoms with Crippen molar-refractivity contribution in [2.45, 2.75) is 45.6 Å². The zero-order valence-electron chi connectivity index (χ0n) is 14.7. The molecule has 1 aliphatic heterocycles. The van der Waals surface area contributed by atoms with Gasteiger partial charge in [-0.2, -0.15) is 0 Å². The molecule has 0 saturated carbocycles. The van der Waals surface area contributed by atoms with Gasteiger partial charge in [0.2, 0.25) is 5.91 Å². The van der Waals surface area contributed by atoms with Gasteiger partial charge in [-0.05, 0) is 31.7 Å². The first kappa shape index (κ1) is 20.9. The number of amides is 1. The maximum Gasteiger partial charge on any atom is 0.247 e. The number of nitrogens with one attached hydrogen (secondary N) is 1. The highest BCUT2D eigenvalue weighted by Crippen LogP contribution is 2.23. The van der Waals surface area contributed by atoms with Crippen LogP contribution in [0.3, 0.4) is 0 Å². The molecule has 138 valence electrons. The smallest absolute Gasteiger partial charge is 0.247 e. The zero-order valence-corrected chi connectivity index (χ0v) is 15.5. The van der Waals surface area contributed by atoms with Crippen molar-refractivity contribution in [1.82, 2.24) is 25.2 Å². The van der Waals surface area contributed by atoms with E-state index in [4.69, 9.17) is 5.73 Å². The molecule has 2 atom stereocenters. The lowest BCUT2D eigenvalue weighted by atomic mass is 9.97. The number of piperazine rings is 1. The van der Waals surface area contributed by atoms with Gasteiger partial charge in [0.1, 0.15) is 6.04 Å². The highest BCUT2D eigenvalue weighted by atomic mass is 35.5. The second-order valence-corrected chi connectivity index (χ2v) is 6.34. The molecule has 0 aliphatic carbocycles. The minimum atomic E-state index is -0.256. The van der Waals surface area contributed by atoms with Crippen LogP contribution in [0.2, 0.25) is 0 Å². The predicted octanol–water partition coefficient (Wildman–Crippen LogP) is -2.42. The average molecular weight is 358 g/mol. The van der Waals surface area contributed by atoms with Crippen molar-refractivity contribution >= 4 is 5.91 Å². The largest absolute Gasteiger partial charge is 1.00 e. The van der Waals surface area contributed by atoms with E-state index >= 15 is 0 Å². The van der Waals surface area contributed by atoms with Crippen LogP contribution in [-0.4, -0.2) is 58.5 Å². The van der Waals surface area contributed by atoms with E-state index in [1.807, 2.05) is 11.1 Å². The lowest BCUT2D eigenvalue weighted by molar-refractivity contribution is -0.137. The molecule has 2 rings (SSSR count). The Morgan fingerprint density at radius 2 is 2.08 bits per heavy atom. The number of nitrogens with two attached hydrogens (primary N) is 1. The van der Waals surface area contributed by atoms with Gasteiger partial charge in [0.15, 0.2) is 0 Å². The van der Waals surface area contributed by atoms with Crippen LogP contribution in [-0.2, 0) is 11.2 Å². The van der Waals surface area contributed by atoms with E-state index in [0.29, 0.717) is 6.54 Å². The summed E-state index contributed by atoms with van der Waals surface area (Å²) in [6, 6.07) is -0.256. The fraction of sp³-hybridized carbons (Fsp3) is 0.812. The number of aryl methyl sites for hydroxylation is 1. The lowest BCUT2D eigenvalue weighted by Gasteiger charge is -2.32. The van der Waals surface area contributed by atoms with E-state index in [2.05, 4.69) is 29.5 Å². The van der Waals surface area contributed by atoms with Gasteiger partial charge in [0.05, 0.1) is 5.69 Å². The molecule has 2 unspecified atom stereocenters. The number of carbonyl (C=O) groups is 1. The first-order valence-corrected chi connectivity index (χ1v) is 8.77. The van der Waals surface area contributed by atoms with Crippen LogP contribution < -0.4 is 23.5 Å². The molecule has 1 aromatic heterocycles. The summed E-state index contributed by atoms with van der Waals surface area (Å²) >= 11 is 0. The number of hydrogen-bond donors (Lipinski definition) is 2. The summed E-state index contributed by atoms with van der Waals surface area (Å²) < 4.78 is 1.77. The van der Waals surface area contributed by atoms with Gasteiger partial charge in [0, 0.05) is 32.4 Å². The molecule has 8 heteroatoms. The molecule has 0 spiro atoms. The summed E-state index contributed by atoms with van der Waals surface area (Å²) in [6.45, 7) is 8.18. The SMILES string of the molecule is CCC(C)C(C(=O)N1CCNCC1)n1cc(CCCCN)nn1.[Cl-]. The molecule has 0 bridgehead atoms. The summed E-state index contributed by atoms with van der Waals surface area (Å²) in [5.74, 6) is 0.398. The minimum absolute atomic E-state index is 0. The molecule has 7 nitrogen and oxygen atoms in total. The highest BCUT2D eigenvalue weighted by molar-refractivity contribution is 5.80. The summed E-state index contributed by atoms with van der Waals surface area (Å²) in [5.41, 5.74) is 6.47. The number of carbonyl (C=O) groups excluding carboxylic acids is 1. The van der Waals surface area contributed by atoms with Crippen LogP contribution >= 0.6 is 0 Å². The number of aromatic nitrogens is 3. The number of hydrogen-bond acceptors (Lipinski definition) is 5. The van der Waals surface area contributed by atoms with Gasteiger partial charge in [-0.3, -0.25) is 4.79 Å². The zero-order chi connectivity index (χ0) is 16.7. The molecular weight excluding hydrogens is 328 g/mol. The second-order valence-electron chi connectivity index (χ2n) is 6.34. The summed E-state index contributed by atoms with van der Waals surface area (Å²) in [5, 5.41) is 11.8. The van der Waals surface area contributed by atoms with Crippen LogP contribution in [0.4, 0.5) is 0 Å². The Bertz CT molecular complexity index is 489. The molecule has 24 heavy (non-hydrogen) atoms. The quantitative estimate of drug-likeness (QED) is 0.506. The maximum atomic E-state index is 13.0. The number of halogens is 1. The fourth-order valence-electron chi connectivity index (χ4n) is 2.93. The van der Waals surface area contributed by atoms with Crippen molar-refractivity contribution in [3.8, 4) is 0 Å². The van der Waals surface area contributed by atoms with Crippen molar-refractivity contribution in [1.29, 1.82) is 0 Å². The second kappa shape index (κ2) is 10.6. The van der Waals surface area contributed by atoms with Crippen molar-refractivity contribution in [2.75, 3.05) is 32.7 Å². The Labute approximate surface area is 150 Å². The Morgan fingerprint density at radius 3 is 2.71 bits per heavy atom. The van der Waals surface area contributed by atoms with Crippen molar-refractivity contribution in [3.05, 3.63) is 11.9 Å². The maximum absolute atomic E-state index is 13.0. The van der Waals surface area contributed by atoms with Crippen molar-refractivity contribution < 1.29 is 17.2 Å². The normalized spacial score (nSPS) is 17.2. The lowest BCUT2D eigenvalue weighted by Crippen LogP contribution is -3.00. The van der Waals surface area contributed by atoms with Gasteiger partial charge in [0.25, 0.3) is 0 Å². The van der Waals surface area contributed by atoms with Gasteiger partial charge in [-0.25, -0.2) is 4.68 Å². The third-order valence-electron chi connectivity index (χ3n) is 4.59. The summed E-state index contributed by atoms with van der Waals surface area (Å²) in [6.07, 6.45) is 5.74. The van der Waals surface area contributed by atoms with Crippen molar-refractivity contribution in [2.24, 2.45) is 11.7 Å². The predicted molar refractivity (Wildman–Crippen MR) is 90.0 cm³/mol. The van der Waals surface area contributed by atoms with Crippen LogP contribution in [0.15, 0.2) is 6.20 Å². The molecular formula is C16H30ClN6O-. The molecule has 1 aliphatic rings. The van der Waals surface area contributed by atoms with Gasteiger partial charge in [-0.15, -0.1) is 5.10 Å². The monoisotopic (exact) mass is 357 g/mol. The van der Waals surface area contributed by atoms with Crippen molar-refractivity contribution in [3.63, 3.8) is 0 Å². The van der Waals surface area contributed by atoms with E-state index in [1.165, 1.54) is 0 Å². The molecule has 2 heterocycles. The number of unbranched alkanes of at least 4 members (excludes halogenated alkanes) is 1. The average Bonchev–Trinajstić information content (AvgIpc) is 3.04. The Hall–Kier alpha value is -1.18. The molecule has 1 fully saturated rings. The molecule has 0 radical (unpaired) electrons. The molecule has 3 N–H and O–H groups in total. The first-order chi connectivity index (χ1) is 11.2. The van der Waals surface area contributed by atoms with E-state index in [9.17, 15) is 4.79 Å². The summed E-state index contributed by atoms with van der Waals surface area (Å²) in [4.78, 5) is 14.9. The van der Waals surface area contributed by atoms with Gasteiger partial charge < -0.3 is 28.4 Å². The molecule has 1 saturated heterocycles. The Balaban J connectivity index is 0.00000288. The highest BCUT2D eigenvalue weighted by Gasteiger charge is 2.31. The van der Waals surface area contributed by atoms with E-state index in [0.717, 1.165) is 57.6 Å². The minimum Gasteiger partial charge on any atom is -1.00 e. The first-order valence-electron chi connectivity index (χ1n) is 8.77. The van der Waals surface area contributed by atoms with Crippen LogP contribution in [0, 0.1) is 5.92 Å². The third kappa shape index (κ3) is 5.43. The number of nitrogens with zero attached hydrogens (tertiary/aromatic N) is 4. The van der Waals surface area contributed by atoms with Crippen LogP contribution in [0.5, 0.6) is 0 Å². The summed E-state index contributed by atoms with van der Waals surface area (Å²) in [7, 11) is 0. The van der Waals surface area contributed by atoms with Crippen LogP contribution in [0.25, 0.3) is 0 Å². The topological polar surface area (TPSA) is 89.1 Å². The standard InChI is InChI=1S/C16H30N6O.ClH/c1-3-13(2)15(16(23)21-10-8-18-9-11-21)22-12-14(19-20-22)6-4-5-7-17;/h12-13,15,18H,3-11,17H2,1-2H3;1H/p-1. The number of rotatable bonds is 8. The van der Waals surface area contributed by atoms with E-state index in [1.54, 1.807) is 4.68 Å². The Kier molecular flexibility index (Phi) is 9.25. The van der Waals surface area contributed by atoms with E-state index in [-0.39, 0.29) is 30.3 Å². The van der Waals surface area contributed by atoms with Gasteiger partial charge >= 0.3 is 0 Å². The Morgan fingerprint density at radius 1 is 1.38 bits per heavy atom. The fourth-order valence-corrected chi connectivity index (χ4v) is 2.93.